The molecule has 4 aromatic rings. The van der Waals surface area contributed by atoms with Crippen LogP contribution < -0.4 is 19.8 Å². The highest BCUT2D eigenvalue weighted by Gasteiger charge is 2.43. The van der Waals surface area contributed by atoms with E-state index in [1.807, 2.05) is 55.5 Å². The van der Waals surface area contributed by atoms with Crippen LogP contribution in [0.4, 0.5) is 5.69 Å². The molecule has 2 heterocycles. The SMILES string of the molecule is C=CCOc1cccc(C2c3c(oc4ccccc4c3=O)C(=O)N2c2ccc(OCC)cc2)c1. The minimum absolute atomic E-state index is 0.0556. The summed E-state index contributed by atoms with van der Waals surface area (Å²) >= 11 is 0. The maximum absolute atomic E-state index is 13.7. The van der Waals surface area contributed by atoms with Crippen molar-refractivity contribution in [3.63, 3.8) is 0 Å². The summed E-state index contributed by atoms with van der Waals surface area (Å²) in [6.07, 6.45) is 1.66. The van der Waals surface area contributed by atoms with E-state index in [4.69, 9.17) is 13.9 Å². The Hall–Kier alpha value is -4.32. The van der Waals surface area contributed by atoms with Gasteiger partial charge in [0.05, 0.1) is 23.6 Å². The molecule has 34 heavy (non-hydrogen) atoms. The van der Waals surface area contributed by atoms with Crippen molar-refractivity contribution in [2.24, 2.45) is 0 Å². The number of anilines is 1. The number of amides is 1. The van der Waals surface area contributed by atoms with Gasteiger partial charge in [0.25, 0.3) is 5.91 Å². The van der Waals surface area contributed by atoms with Crippen LogP contribution in [-0.4, -0.2) is 19.1 Å². The molecule has 6 heteroatoms. The predicted octanol–water partition coefficient (Wildman–Crippen LogP) is 5.51. The summed E-state index contributed by atoms with van der Waals surface area (Å²) in [6.45, 7) is 6.48. The molecule has 1 atom stereocenters. The number of carbonyl (C=O) groups is 1. The lowest BCUT2D eigenvalue weighted by Gasteiger charge is -2.25. The van der Waals surface area contributed by atoms with Crippen molar-refractivity contribution in [3.8, 4) is 11.5 Å². The van der Waals surface area contributed by atoms with Gasteiger partial charge in [-0.25, -0.2) is 0 Å². The van der Waals surface area contributed by atoms with Crippen LogP contribution >= 0.6 is 0 Å². The van der Waals surface area contributed by atoms with Crippen LogP contribution in [0.1, 0.15) is 34.6 Å². The van der Waals surface area contributed by atoms with E-state index in [9.17, 15) is 9.59 Å². The van der Waals surface area contributed by atoms with E-state index in [0.717, 1.165) is 5.56 Å². The van der Waals surface area contributed by atoms with E-state index in [-0.39, 0.29) is 17.1 Å². The zero-order valence-electron chi connectivity index (χ0n) is 18.7. The second-order valence-corrected chi connectivity index (χ2v) is 7.85. The topological polar surface area (TPSA) is 69.0 Å². The lowest BCUT2D eigenvalue weighted by molar-refractivity contribution is 0.0971. The molecule has 1 aliphatic heterocycles. The molecular formula is C28H23NO5. The van der Waals surface area contributed by atoms with Gasteiger partial charge in [-0.05, 0) is 61.0 Å². The maximum Gasteiger partial charge on any atom is 0.295 e. The first-order valence-electron chi connectivity index (χ1n) is 11.1. The van der Waals surface area contributed by atoms with Gasteiger partial charge in [-0.3, -0.25) is 14.5 Å². The molecule has 0 bridgehead atoms. The molecule has 1 amide bonds. The first kappa shape index (κ1) is 21.5. The van der Waals surface area contributed by atoms with Crippen LogP contribution in [0.15, 0.2) is 94.7 Å². The Morgan fingerprint density at radius 1 is 0.971 bits per heavy atom. The minimum atomic E-state index is -0.673. The average molecular weight is 453 g/mol. The zero-order valence-corrected chi connectivity index (χ0v) is 18.7. The maximum atomic E-state index is 13.7. The summed E-state index contributed by atoms with van der Waals surface area (Å²) in [7, 11) is 0. The first-order chi connectivity index (χ1) is 16.6. The van der Waals surface area contributed by atoms with Crippen molar-refractivity contribution in [1.82, 2.24) is 0 Å². The van der Waals surface area contributed by atoms with Crippen LogP contribution in [0.2, 0.25) is 0 Å². The number of nitrogens with zero attached hydrogens (tertiary/aromatic N) is 1. The van der Waals surface area contributed by atoms with Crippen LogP contribution in [0.3, 0.4) is 0 Å². The largest absolute Gasteiger partial charge is 0.494 e. The zero-order chi connectivity index (χ0) is 23.7. The molecule has 0 saturated heterocycles. The van der Waals surface area contributed by atoms with Gasteiger partial charge in [-0.2, -0.15) is 0 Å². The number of ether oxygens (including phenoxy) is 2. The van der Waals surface area contributed by atoms with Gasteiger partial charge < -0.3 is 13.9 Å². The molecule has 0 spiro atoms. The van der Waals surface area contributed by atoms with Gasteiger partial charge in [0.15, 0.2) is 5.43 Å². The number of carbonyl (C=O) groups excluding carboxylic acids is 1. The summed E-state index contributed by atoms with van der Waals surface area (Å²) in [5.74, 6) is 1.01. The number of hydrogen-bond acceptors (Lipinski definition) is 5. The molecule has 0 saturated carbocycles. The number of hydrogen-bond donors (Lipinski definition) is 0. The summed E-state index contributed by atoms with van der Waals surface area (Å²) in [6, 6.07) is 20.9. The van der Waals surface area contributed by atoms with E-state index < -0.39 is 6.04 Å². The van der Waals surface area contributed by atoms with Crippen LogP contribution in [0.25, 0.3) is 11.0 Å². The molecular weight excluding hydrogens is 430 g/mol. The molecule has 1 aliphatic rings. The Kier molecular flexibility index (Phi) is 5.64. The average Bonchev–Trinajstić information content (AvgIpc) is 3.16. The minimum Gasteiger partial charge on any atom is -0.494 e. The Morgan fingerprint density at radius 3 is 2.53 bits per heavy atom. The Balaban J connectivity index is 1.71. The second-order valence-electron chi connectivity index (χ2n) is 7.85. The summed E-state index contributed by atoms with van der Waals surface area (Å²) in [5, 5.41) is 0.437. The Morgan fingerprint density at radius 2 is 1.76 bits per heavy atom. The lowest BCUT2D eigenvalue weighted by atomic mass is 9.98. The molecule has 0 fully saturated rings. The van der Waals surface area contributed by atoms with E-state index in [1.54, 1.807) is 35.2 Å². The lowest BCUT2D eigenvalue weighted by Crippen LogP contribution is -2.29. The third-order valence-corrected chi connectivity index (χ3v) is 5.75. The van der Waals surface area contributed by atoms with Crippen molar-refractivity contribution in [2.45, 2.75) is 13.0 Å². The number of fused-ring (bicyclic) bond motifs is 2. The van der Waals surface area contributed by atoms with Gasteiger partial charge in [-0.1, -0.05) is 36.9 Å². The summed E-state index contributed by atoms with van der Waals surface area (Å²) < 4.78 is 17.3. The molecule has 1 unspecified atom stereocenters. The molecule has 0 radical (unpaired) electrons. The quantitative estimate of drug-likeness (QED) is 0.345. The van der Waals surface area contributed by atoms with Gasteiger partial charge in [0.2, 0.25) is 5.76 Å². The first-order valence-corrected chi connectivity index (χ1v) is 11.1. The fraction of sp³-hybridized carbons (Fsp3) is 0.143. The molecule has 5 rings (SSSR count). The van der Waals surface area contributed by atoms with Gasteiger partial charge in [0, 0.05) is 5.69 Å². The Bertz CT molecular complexity index is 1440. The van der Waals surface area contributed by atoms with E-state index >= 15 is 0 Å². The normalized spacial score (nSPS) is 14.8. The van der Waals surface area contributed by atoms with Crippen LogP contribution in [0.5, 0.6) is 11.5 Å². The van der Waals surface area contributed by atoms with Crippen molar-refractivity contribution < 1.29 is 18.7 Å². The van der Waals surface area contributed by atoms with E-state index in [2.05, 4.69) is 6.58 Å². The fourth-order valence-electron chi connectivity index (χ4n) is 4.30. The summed E-state index contributed by atoms with van der Waals surface area (Å²) in [4.78, 5) is 28.9. The number of benzene rings is 3. The highest BCUT2D eigenvalue weighted by Crippen LogP contribution is 2.42. The molecule has 1 aromatic heterocycles. The van der Waals surface area contributed by atoms with Crippen LogP contribution in [-0.2, 0) is 0 Å². The molecule has 0 N–H and O–H groups in total. The monoisotopic (exact) mass is 453 g/mol. The molecule has 3 aromatic carbocycles. The smallest absolute Gasteiger partial charge is 0.295 e. The molecule has 6 nitrogen and oxygen atoms in total. The van der Waals surface area contributed by atoms with Crippen molar-refractivity contribution in [2.75, 3.05) is 18.1 Å². The van der Waals surface area contributed by atoms with Gasteiger partial charge in [0.1, 0.15) is 23.7 Å². The van der Waals surface area contributed by atoms with Gasteiger partial charge in [-0.15, -0.1) is 0 Å². The third kappa shape index (κ3) is 3.63. The molecule has 0 aliphatic carbocycles. The fourth-order valence-corrected chi connectivity index (χ4v) is 4.30. The van der Waals surface area contributed by atoms with E-state index in [1.165, 1.54) is 0 Å². The number of rotatable bonds is 7. The highest BCUT2D eigenvalue weighted by atomic mass is 16.5. The highest BCUT2D eigenvalue weighted by molar-refractivity contribution is 6.10. The van der Waals surface area contributed by atoms with Crippen LogP contribution in [0, 0.1) is 0 Å². The van der Waals surface area contributed by atoms with Crippen molar-refractivity contribution in [1.29, 1.82) is 0 Å². The predicted molar refractivity (Wildman–Crippen MR) is 131 cm³/mol. The van der Waals surface area contributed by atoms with Gasteiger partial charge >= 0.3 is 0 Å². The second kappa shape index (κ2) is 8.90. The van der Waals surface area contributed by atoms with Crippen molar-refractivity contribution >= 4 is 22.6 Å². The standard InChI is InChI=1S/C28H23NO5/c1-3-16-33-21-9-7-8-18(17-21)25-24-26(30)22-10-5-6-11-23(22)34-27(24)28(31)29(25)19-12-14-20(15-13-19)32-4-2/h3,5-15,17,25H,1,4,16H2,2H3. The van der Waals surface area contributed by atoms with Crippen molar-refractivity contribution in [3.05, 3.63) is 113 Å². The number of para-hydroxylation sites is 1. The Labute approximate surface area is 196 Å². The third-order valence-electron chi connectivity index (χ3n) is 5.75. The molecule has 170 valence electrons. The van der Waals surface area contributed by atoms with E-state index in [0.29, 0.717) is 46.9 Å². The summed E-state index contributed by atoms with van der Waals surface area (Å²) in [5.41, 5.74) is 1.85.